The van der Waals surface area contributed by atoms with E-state index in [1.165, 1.54) is 0 Å². The second-order valence-corrected chi connectivity index (χ2v) is 8.43. The molecule has 1 saturated carbocycles. The van der Waals surface area contributed by atoms with Crippen LogP contribution in [0.2, 0.25) is 0 Å². The molecule has 2 aliphatic carbocycles. The Bertz CT molecular complexity index is 999. The van der Waals surface area contributed by atoms with Gasteiger partial charge >= 0.3 is 5.97 Å². The lowest BCUT2D eigenvalue weighted by Gasteiger charge is -2.63. The summed E-state index contributed by atoms with van der Waals surface area (Å²) in [5.74, 6) is -1.82. The van der Waals surface area contributed by atoms with Crippen molar-refractivity contribution in [1.29, 1.82) is 0 Å². The van der Waals surface area contributed by atoms with Gasteiger partial charge in [-0.05, 0) is 31.0 Å². The van der Waals surface area contributed by atoms with Crippen LogP contribution < -0.4 is 4.74 Å². The van der Waals surface area contributed by atoms with Gasteiger partial charge in [-0.15, -0.1) is 0 Å². The Labute approximate surface area is 154 Å². The second-order valence-electron chi connectivity index (χ2n) is 8.43. The molecule has 7 nitrogen and oxygen atoms in total. The molecule has 1 spiro atoms. The summed E-state index contributed by atoms with van der Waals surface area (Å²) < 4.78 is 22.9. The highest BCUT2D eigenvalue weighted by molar-refractivity contribution is 5.90. The lowest BCUT2D eigenvalue weighted by molar-refractivity contribution is -0.346. The van der Waals surface area contributed by atoms with Gasteiger partial charge in [-0.1, -0.05) is 0 Å². The van der Waals surface area contributed by atoms with Crippen molar-refractivity contribution in [2.45, 2.75) is 43.2 Å². The smallest absolute Gasteiger partial charge is 0.318 e. The van der Waals surface area contributed by atoms with Crippen LogP contribution in [0.3, 0.4) is 0 Å². The van der Waals surface area contributed by atoms with Gasteiger partial charge in [-0.3, -0.25) is 4.79 Å². The van der Waals surface area contributed by atoms with E-state index in [1.807, 2.05) is 6.07 Å². The summed E-state index contributed by atoms with van der Waals surface area (Å²) in [6, 6.07) is 3.72. The Balaban J connectivity index is 1.72. The first-order chi connectivity index (χ1) is 12.9. The first-order valence-electron chi connectivity index (χ1n) is 9.21. The standard InChI is InChI=1S/C20H20O7/c1-18-16-15(27-17(18)22)13(21)12-10(19(16)4-5-20(18,23)26-8-19)7-11(24-2)9-3-6-25-14(9)12/h3,6-7,13,15-16,21,23H,4-5,8H2,1-2H3/t13-,15+,16-,18-,19-,20-/m0/s1. The number of methoxy groups -OCH3 is 1. The summed E-state index contributed by atoms with van der Waals surface area (Å²) in [5.41, 5.74) is 0.254. The molecule has 7 heteroatoms. The van der Waals surface area contributed by atoms with Gasteiger partial charge in [0.1, 0.15) is 29.0 Å². The van der Waals surface area contributed by atoms with Crippen molar-refractivity contribution in [2.75, 3.05) is 13.7 Å². The largest absolute Gasteiger partial charge is 0.496 e. The molecular weight excluding hydrogens is 352 g/mol. The Morgan fingerprint density at radius 2 is 2.15 bits per heavy atom. The fraction of sp³-hybridized carbons (Fsp3) is 0.550. The van der Waals surface area contributed by atoms with Crippen LogP contribution in [0, 0.1) is 11.3 Å². The van der Waals surface area contributed by atoms with E-state index in [4.69, 9.17) is 18.6 Å². The monoisotopic (exact) mass is 372 g/mol. The van der Waals surface area contributed by atoms with Crippen molar-refractivity contribution in [3.8, 4) is 5.75 Å². The SMILES string of the molecule is COc1cc2c(c3occc13)[C@H](O)[C@H]1OC(=O)[C@]3(C)[C@H]1[C@]21CC[C@]3(O)OC1. The maximum absolute atomic E-state index is 12.9. The molecule has 5 aliphatic rings. The number of furan rings is 1. The minimum Gasteiger partial charge on any atom is -0.496 e. The molecule has 3 saturated heterocycles. The normalized spacial score (nSPS) is 44.1. The fourth-order valence-electron chi connectivity index (χ4n) is 6.27. The average Bonchev–Trinajstić information content (AvgIpc) is 3.25. The highest BCUT2D eigenvalue weighted by Gasteiger charge is 2.79. The van der Waals surface area contributed by atoms with Crippen LogP contribution in [-0.4, -0.2) is 41.8 Å². The van der Waals surface area contributed by atoms with E-state index in [0.29, 0.717) is 29.7 Å². The second kappa shape index (κ2) is 4.48. The molecule has 4 fully saturated rings. The molecule has 1 aromatic carbocycles. The first kappa shape index (κ1) is 15.9. The summed E-state index contributed by atoms with van der Waals surface area (Å²) in [6.45, 7) is 1.96. The molecule has 4 heterocycles. The Kier molecular flexibility index (Phi) is 2.64. The number of aliphatic hydroxyl groups excluding tert-OH is 1. The van der Waals surface area contributed by atoms with Gasteiger partial charge in [0, 0.05) is 23.3 Å². The number of aliphatic hydroxyl groups is 2. The van der Waals surface area contributed by atoms with Crippen LogP contribution in [0.4, 0.5) is 0 Å². The quantitative estimate of drug-likeness (QED) is 0.737. The molecule has 0 radical (unpaired) electrons. The number of esters is 1. The predicted molar refractivity (Wildman–Crippen MR) is 91.0 cm³/mol. The van der Waals surface area contributed by atoms with Gasteiger partial charge in [0.15, 0.2) is 5.79 Å². The van der Waals surface area contributed by atoms with Gasteiger partial charge in [-0.2, -0.15) is 0 Å². The molecule has 7 rings (SSSR count). The number of benzene rings is 1. The van der Waals surface area contributed by atoms with E-state index >= 15 is 0 Å². The van der Waals surface area contributed by atoms with E-state index in [0.717, 1.165) is 10.9 Å². The number of carbonyl (C=O) groups excluding carboxylic acids is 1. The Hall–Kier alpha value is -2.09. The molecule has 0 amide bonds. The molecular formula is C20H20O7. The van der Waals surface area contributed by atoms with Crippen LogP contribution in [-0.2, 0) is 19.7 Å². The van der Waals surface area contributed by atoms with E-state index in [-0.39, 0.29) is 12.5 Å². The molecule has 0 unspecified atom stereocenters. The predicted octanol–water partition coefficient (Wildman–Crippen LogP) is 1.79. The zero-order chi connectivity index (χ0) is 18.8. The van der Waals surface area contributed by atoms with E-state index in [1.54, 1.807) is 26.4 Å². The van der Waals surface area contributed by atoms with Crippen molar-refractivity contribution in [3.05, 3.63) is 29.5 Å². The van der Waals surface area contributed by atoms with Crippen LogP contribution in [0.15, 0.2) is 22.8 Å². The third kappa shape index (κ3) is 1.45. The first-order valence-corrected chi connectivity index (χ1v) is 9.21. The molecule has 1 aromatic heterocycles. The van der Waals surface area contributed by atoms with Crippen LogP contribution in [0.5, 0.6) is 5.75 Å². The highest BCUT2D eigenvalue weighted by Crippen LogP contribution is 2.70. The fourth-order valence-corrected chi connectivity index (χ4v) is 6.27. The summed E-state index contributed by atoms with van der Waals surface area (Å²) in [5, 5.41) is 23.1. The molecule has 6 atom stereocenters. The third-order valence-electron chi connectivity index (χ3n) is 7.61. The molecule has 2 N–H and O–H groups in total. The topological polar surface area (TPSA) is 98.4 Å². The lowest BCUT2D eigenvalue weighted by Crippen LogP contribution is -2.72. The molecule has 142 valence electrons. The minimum atomic E-state index is -1.57. The third-order valence-corrected chi connectivity index (χ3v) is 7.61. The molecule has 2 bridgehead atoms. The van der Waals surface area contributed by atoms with Gasteiger partial charge < -0.3 is 28.8 Å². The van der Waals surface area contributed by atoms with Crippen molar-refractivity contribution in [1.82, 2.24) is 0 Å². The number of hydrogen-bond acceptors (Lipinski definition) is 7. The molecule has 3 aliphatic heterocycles. The van der Waals surface area contributed by atoms with Crippen molar-refractivity contribution >= 4 is 16.9 Å². The van der Waals surface area contributed by atoms with Crippen LogP contribution >= 0.6 is 0 Å². The zero-order valence-electron chi connectivity index (χ0n) is 15.0. The van der Waals surface area contributed by atoms with Crippen LogP contribution in [0.1, 0.15) is 37.0 Å². The van der Waals surface area contributed by atoms with E-state index < -0.39 is 34.8 Å². The minimum absolute atomic E-state index is 0.256. The summed E-state index contributed by atoms with van der Waals surface area (Å²) in [6.07, 6.45) is 0.740. The number of hydrogen-bond donors (Lipinski definition) is 2. The number of ether oxygens (including phenoxy) is 3. The maximum atomic E-state index is 12.9. The zero-order valence-corrected chi connectivity index (χ0v) is 15.0. The molecule has 27 heavy (non-hydrogen) atoms. The van der Waals surface area contributed by atoms with E-state index in [2.05, 4.69) is 0 Å². The summed E-state index contributed by atoms with van der Waals surface area (Å²) >= 11 is 0. The highest BCUT2D eigenvalue weighted by atomic mass is 16.6. The van der Waals surface area contributed by atoms with Crippen molar-refractivity contribution in [2.24, 2.45) is 11.3 Å². The summed E-state index contributed by atoms with van der Waals surface area (Å²) in [4.78, 5) is 12.9. The number of fused-ring (bicyclic) bond motifs is 5. The van der Waals surface area contributed by atoms with Crippen molar-refractivity contribution in [3.63, 3.8) is 0 Å². The Morgan fingerprint density at radius 3 is 2.85 bits per heavy atom. The lowest BCUT2D eigenvalue weighted by atomic mass is 9.45. The number of carbonyl (C=O) groups is 1. The number of rotatable bonds is 1. The van der Waals surface area contributed by atoms with Gasteiger partial charge in [0.05, 0.1) is 25.4 Å². The van der Waals surface area contributed by atoms with Gasteiger partial charge in [-0.25, -0.2) is 0 Å². The van der Waals surface area contributed by atoms with Gasteiger partial charge in [0.25, 0.3) is 0 Å². The summed E-state index contributed by atoms with van der Waals surface area (Å²) in [7, 11) is 1.59. The molecule has 2 aromatic rings. The maximum Gasteiger partial charge on any atom is 0.318 e. The average molecular weight is 372 g/mol. The van der Waals surface area contributed by atoms with Crippen LogP contribution in [0.25, 0.3) is 11.0 Å². The van der Waals surface area contributed by atoms with Gasteiger partial charge in [0.2, 0.25) is 0 Å². The Morgan fingerprint density at radius 1 is 1.33 bits per heavy atom. The van der Waals surface area contributed by atoms with Crippen molar-refractivity contribution < 1.29 is 33.6 Å². The van der Waals surface area contributed by atoms with E-state index in [9.17, 15) is 15.0 Å².